The first-order valence-electron chi connectivity index (χ1n) is 7.21. The average Bonchev–Trinajstić information content (AvgIpc) is 2.56. The van der Waals surface area contributed by atoms with Crippen molar-refractivity contribution in [3.8, 4) is 5.75 Å². The summed E-state index contributed by atoms with van der Waals surface area (Å²) in [6, 6.07) is 3.73. The molecule has 0 aliphatic carbocycles. The van der Waals surface area contributed by atoms with Gasteiger partial charge in [-0.3, -0.25) is 14.9 Å². The number of carbonyl (C=O) groups is 2. The number of esters is 1. The van der Waals surface area contributed by atoms with Gasteiger partial charge in [0.05, 0.1) is 17.6 Å². The zero-order valence-corrected chi connectivity index (χ0v) is 13.3. The first-order chi connectivity index (χ1) is 10.9. The molecule has 0 aromatic heterocycles. The highest BCUT2D eigenvalue weighted by Gasteiger charge is 2.19. The highest BCUT2D eigenvalue weighted by molar-refractivity contribution is 5.92. The summed E-state index contributed by atoms with van der Waals surface area (Å²) in [5, 5.41) is 13.6. The summed E-state index contributed by atoms with van der Waals surface area (Å²) >= 11 is 0. The van der Waals surface area contributed by atoms with Crippen molar-refractivity contribution in [2.45, 2.75) is 32.7 Å². The van der Waals surface area contributed by atoms with Crippen LogP contribution in [0.25, 0.3) is 0 Å². The second-order valence-electron chi connectivity index (χ2n) is 4.80. The van der Waals surface area contributed by atoms with Crippen molar-refractivity contribution in [2.24, 2.45) is 0 Å². The van der Waals surface area contributed by atoms with Gasteiger partial charge in [-0.2, -0.15) is 0 Å². The summed E-state index contributed by atoms with van der Waals surface area (Å²) in [6.45, 7) is 3.45. The van der Waals surface area contributed by atoms with Gasteiger partial charge in [-0.25, -0.2) is 4.79 Å². The smallest absolute Gasteiger partial charge is 0.338 e. The van der Waals surface area contributed by atoms with E-state index in [4.69, 9.17) is 9.47 Å². The van der Waals surface area contributed by atoms with Crippen molar-refractivity contribution < 1.29 is 24.0 Å². The predicted molar refractivity (Wildman–Crippen MR) is 82.4 cm³/mol. The number of hydrogen-bond donors (Lipinski definition) is 1. The maximum absolute atomic E-state index is 11.9. The molecule has 0 aliphatic rings. The Balaban J connectivity index is 2.70. The standard InChI is InChI=1S/C15H20N2O6/c1-4-11(5-2)16-14(18)9-23-15(19)10-6-7-13(22-3)12(8-10)17(20)21/h6-8,11H,4-5,9H2,1-3H3,(H,16,18). The number of nitro groups is 1. The van der Waals surface area contributed by atoms with E-state index in [0.29, 0.717) is 0 Å². The van der Waals surface area contributed by atoms with Crippen LogP contribution in [0.2, 0.25) is 0 Å². The molecular weight excluding hydrogens is 304 g/mol. The number of rotatable bonds is 8. The fourth-order valence-electron chi connectivity index (χ4n) is 1.94. The van der Waals surface area contributed by atoms with Crippen LogP contribution in [-0.4, -0.2) is 36.6 Å². The Morgan fingerprint density at radius 2 is 1.96 bits per heavy atom. The Bertz CT molecular complexity index is 583. The lowest BCUT2D eigenvalue weighted by atomic mass is 10.2. The Morgan fingerprint density at radius 1 is 1.30 bits per heavy atom. The van der Waals surface area contributed by atoms with Gasteiger partial charge in [0.25, 0.3) is 5.91 Å². The molecule has 1 aromatic carbocycles. The summed E-state index contributed by atoms with van der Waals surface area (Å²) in [5.74, 6) is -1.18. The van der Waals surface area contributed by atoms with E-state index in [1.165, 1.54) is 19.2 Å². The minimum atomic E-state index is -0.810. The maximum Gasteiger partial charge on any atom is 0.338 e. The highest BCUT2D eigenvalue weighted by Crippen LogP contribution is 2.27. The van der Waals surface area contributed by atoms with Crippen molar-refractivity contribution in [3.05, 3.63) is 33.9 Å². The molecule has 1 amide bonds. The van der Waals surface area contributed by atoms with Gasteiger partial charge in [0.15, 0.2) is 12.4 Å². The van der Waals surface area contributed by atoms with Crippen LogP contribution in [-0.2, 0) is 9.53 Å². The molecule has 0 unspecified atom stereocenters. The molecule has 1 aromatic rings. The monoisotopic (exact) mass is 324 g/mol. The number of nitrogens with zero attached hydrogens (tertiary/aromatic N) is 1. The maximum atomic E-state index is 11.9. The minimum absolute atomic E-state index is 0.0205. The number of nitrogens with one attached hydrogen (secondary N) is 1. The van der Waals surface area contributed by atoms with E-state index >= 15 is 0 Å². The Hall–Kier alpha value is -2.64. The Kier molecular flexibility index (Phi) is 6.98. The van der Waals surface area contributed by atoms with Crippen LogP contribution in [0.5, 0.6) is 5.75 Å². The highest BCUT2D eigenvalue weighted by atomic mass is 16.6. The zero-order valence-electron chi connectivity index (χ0n) is 13.3. The summed E-state index contributed by atoms with van der Waals surface area (Å²) in [7, 11) is 1.29. The van der Waals surface area contributed by atoms with Gasteiger partial charge < -0.3 is 14.8 Å². The van der Waals surface area contributed by atoms with Gasteiger partial charge >= 0.3 is 11.7 Å². The third-order valence-corrected chi connectivity index (χ3v) is 3.30. The van der Waals surface area contributed by atoms with Gasteiger partial charge in [-0.1, -0.05) is 13.8 Å². The van der Waals surface area contributed by atoms with E-state index in [1.807, 2.05) is 13.8 Å². The number of hydrogen-bond acceptors (Lipinski definition) is 6. The number of ether oxygens (including phenoxy) is 2. The molecule has 0 atom stereocenters. The Morgan fingerprint density at radius 3 is 2.48 bits per heavy atom. The number of nitro benzene ring substituents is 1. The minimum Gasteiger partial charge on any atom is -0.490 e. The van der Waals surface area contributed by atoms with Crippen LogP contribution in [0.15, 0.2) is 18.2 Å². The molecule has 0 fully saturated rings. The van der Waals surface area contributed by atoms with E-state index in [2.05, 4.69) is 5.32 Å². The summed E-state index contributed by atoms with van der Waals surface area (Å²) in [6.07, 6.45) is 1.56. The van der Waals surface area contributed by atoms with E-state index < -0.39 is 23.4 Å². The van der Waals surface area contributed by atoms with Gasteiger partial charge in [-0.05, 0) is 25.0 Å². The van der Waals surface area contributed by atoms with Crippen LogP contribution in [0.3, 0.4) is 0 Å². The Labute approximate surface area is 133 Å². The molecule has 126 valence electrons. The molecule has 23 heavy (non-hydrogen) atoms. The van der Waals surface area contributed by atoms with E-state index in [1.54, 1.807) is 0 Å². The third kappa shape index (κ3) is 5.24. The van der Waals surface area contributed by atoms with Gasteiger partial charge in [-0.15, -0.1) is 0 Å². The molecular formula is C15H20N2O6. The van der Waals surface area contributed by atoms with Gasteiger partial charge in [0.1, 0.15) is 0 Å². The lowest BCUT2D eigenvalue weighted by Crippen LogP contribution is -2.36. The van der Waals surface area contributed by atoms with Gasteiger partial charge in [0.2, 0.25) is 0 Å². The zero-order chi connectivity index (χ0) is 17.4. The van der Waals surface area contributed by atoms with Crippen LogP contribution in [0.1, 0.15) is 37.0 Å². The van der Waals surface area contributed by atoms with E-state index in [9.17, 15) is 19.7 Å². The molecule has 0 bridgehead atoms. The topological polar surface area (TPSA) is 108 Å². The molecule has 1 N–H and O–H groups in total. The summed E-state index contributed by atoms with van der Waals surface area (Å²) < 4.78 is 9.72. The molecule has 0 heterocycles. The van der Waals surface area contributed by atoms with Crippen molar-refractivity contribution in [1.82, 2.24) is 5.32 Å². The molecule has 0 aliphatic heterocycles. The van der Waals surface area contributed by atoms with E-state index in [0.717, 1.165) is 18.9 Å². The summed E-state index contributed by atoms with van der Waals surface area (Å²) in [4.78, 5) is 33.8. The number of amides is 1. The molecule has 8 heteroatoms. The van der Waals surface area contributed by atoms with Crippen molar-refractivity contribution in [1.29, 1.82) is 0 Å². The van der Waals surface area contributed by atoms with Gasteiger partial charge in [0, 0.05) is 12.1 Å². The molecule has 0 spiro atoms. The third-order valence-electron chi connectivity index (χ3n) is 3.30. The second-order valence-corrected chi connectivity index (χ2v) is 4.80. The summed E-state index contributed by atoms with van der Waals surface area (Å²) in [5.41, 5.74) is -0.365. The average molecular weight is 324 g/mol. The molecule has 0 radical (unpaired) electrons. The second kappa shape index (κ2) is 8.72. The first kappa shape index (κ1) is 18.4. The van der Waals surface area contributed by atoms with Crippen molar-refractivity contribution >= 4 is 17.6 Å². The molecule has 0 saturated carbocycles. The number of methoxy groups -OCH3 is 1. The lowest BCUT2D eigenvalue weighted by Gasteiger charge is -2.14. The normalized spacial score (nSPS) is 10.3. The lowest BCUT2D eigenvalue weighted by molar-refractivity contribution is -0.385. The number of carbonyl (C=O) groups excluding carboxylic acids is 2. The fourth-order valence-corrected chi connectivity index (χ4v) is 1.94. The predicted octanol–water partition coefficient (Wildman–Crippen LogP) is 2.06. The first-order valence-corrected chi connectivity index (χ1v) is 7.21. The molecule has 8 nitrogen and oxygen atoms in total. The van der Waals surface area contributed by atoms with Crippen LogP contribution in [0, 0.1) is 10.1 Å². The molecule has 1 rings (SSSR count). The largest absolute Gasteiger partial charge is 0.490 e. The molecule has 0 saturated heterocycles. The SMILES string of the molecule is CCC(CC)NC(=O)COC(=O)c1ccc(OC)c([N+](=O)[O-])c1. The van der Waals surface area contributed by atoms with Crippen molar-refractivity contribution in [2.75, 3.05) is 13.7 Å². The van der Waals surface area contributed by atoms with Crippen LogP contribution >= 0.6 is 0 Å². The quantitative estimate of drug-likeness (QED) is 0.445. The van der Waals surface area contributed by atoms with Crippen LogP contribution in [0.4, 0.5) is 5.69 Å². The van der Waals surface area contributed by atoms with E-state index in [-0.39, 0.29) is 23.0 Å². The van der Waals surface area contributed by atoms with Crippen LogP contribution < -0.4 is 10.1 Å². The fraction of sp³-hybridized carbons (Fsp3) is 0.467. The number of benzene rings is 1. The van der Waals surface area contributed by atoms with Crippen molar-refractivity contribution in [3.63, 3.8) is 0 Å².